The average molecular weight is 197 g/mol. The lowest BCUT2D eigenvalue weighted by Crippen LogP contribution is -2.36. The second kappa shape index (κ2) is 3.87. The van der Waals surface area contributed by atoms with Gasteiger partial charge in [0.25, 0.3) is 0 Å². The molecule has 0 aromatic heterocycles. The Morgan fingerprint density at radius 2 is 2.29 bits per heavy atom. The van der Waals surface area contributed by atoms with Crippen molar-refractivity contribution in [2.45, 2.75) is 31.3 Å². The molecule has 1 saturated carbocycles. The molecule has 1 atom stereocenters. The molecule has 80 valence electrons. The van der Waals surface area contributed by atoms with Gasteiger partial charge in [0.15, 0.2) is 0 Å². The van der Waals surface area contributed by atoms with Crippen molar-refractivity contribution in [3.05, 3.63) is 0 Å². The summed E-state index contributed by atoms with van der Waals surface area (Å²) < 4.78 is 0. The summed E-state index contributed by atoms with van der Waals surface area (Å²) in [5.41, 5.74) is 5.72. The van der Waals surface area contributed by atoms with E-state index in [1.54, 1.807) is 0 Å². The van der Waals surface area contributed by atoms with Crippen LogP contribution in [0.2, 0.25) is 0 Å². The average Bonchev–Trinajstić information content (AvgIpc) is 2.90. The summed E-state index contributed by atoms with van der Waals surface area (Å²) in [7, 11) is 2.14. The quantitative estimate of drug-likeness (QED) is 0.669. The summed E-state index contributed by atoms with van der Waals surface area (Å²) in [6.45, 7) is 2.58. The van der Waals surface area contributed by atoms with Gasteiger partial charge in [0.05, 0.1) is 0 Å². The van der Waals surface area contributed by atoms with Gasteiger partial charge in [-0.15, -0.1) is 0 Å². The maximum Gasteiger partial charge on any atom is 0.224 e. The van der Waals surface area contributed by atoms with Crippen LogP contribution in [0.1, 0.15) is 19.3 Å². The van der Waals surface area contributed by atoms with E-state index in [-0.39, 0.29) is 11.9 Å². The molecule has 2 fully saturated rings. The Morgan fingerprint density at radius 3 is 2.79 bits per heavy atom. The number of likely N-dealkylation sites (N-methyl/N-ethyl adjacent to an activating group) is 1. The van der Waals surface area contributed by atoms with Crippen molar-refractivity contribution in [1.82, 2.24) is 9.80 Å². The van der Waals surface area contributed by atoms with Crippen molar-refractivity contribution in [3.63, 3.8) is 0 Å². The molecule has 2 rings (SSSR count). The molecule has 0 aromatic carbocycles. The lowest BCUT2D eigenvalue weighted by molar-refractivity contribution is -0.127. The molecule has 4 heteroatoms. The van der Waals surface area contributed by atoms with E-state index < -0.39 is 0 Å². The molecule has 2 N–H and O–H groups in total. The van der Waals surface area contributed by atoms with Gasteiger partial charge in [-0.3, -0.25) is 4.79 Å². The molecule has 14 heavy (non-hydrogen) atoms. The fourth-order valence-corrected chi connectivity index (χ4v) is 2.00. The fourth-order valence-electron chi connectivity index (χ4n) is 2.00. The van der Waals surface area contributed by atoms with E-state index in [4.69, 9.17) is 5.73 Å². The lowest BCUT2D eigenvalue weighted by Gasteiger charge is -2.21. The summed E-state index contributed by atoms with van der Waals surface area (Å²) >= 11 is 0. The highest BCUT2D eigenvalue weighted by Gasteiger charge is 2.29. The highest BCUT2D eigenvalue weighted by atomic mass is 16.2. The van der Waals surface area contributed by atoms with Crippen LogP contribution in [-0.4, -0.2) is 54.5 Å². The van der Waals surface area contributed by atoms with Crippen LogP contribution in [0, 0.1) is 0 Å². The van der Waals surface area contributed by atoms with E-state index >= 15 is 0 Å². The minimum atomic E-state index is 0.0636. The predicted octanol–water partition coefficient (Wildman–Crippen LogP) is -0.360. The van der Waals surface area contributed by atoms with E-state index in [9.17, 15) is 4.79 Å². The van der Waals surface area contributed by atoms with E-state index in [0.717, 1.165) is 25.7 Å². The number of likely N-dealkylation sites (tertiary alicyclic amines) is 1. The second-order valence-electron chi connectivity index (χ2n) is 4.52. The molecule has 4 nitrogen and oxygen atoms in total. The highest BCUT2D eigenvalue weighted by molar-refractivity contribution is 5.79. The lowest BCUT2D eigenvalue weighted by atomic mass is 10.3. The van der Waals surface area contributed by atoms with E-state index in [1.165, 1.54) is 12.8 Å². The fraction of sp³-hybridized carbons (Fsp3) is 0.900. The monoisotopic (exact) mass is 197 g/mol. The van der Waals surface area contributed by atoms with Crippen molar-refractivity contribution in [2.24, 2.45) is 5.73 Å². The maximum atomic E-state index is 11.4. The normalized spacial score (nSPS) is 27.8. The topological polar surface area (TPSA) is 49.6 Å². The SMILES string of the molecule is CN(CCN1CC(N)CC1=O)C1CC1. The van der Waals surface area contributed by atoms with Crippen molar-refractivity contribution in [3.8, 4) is 0 Å². The molecule has 0 bridgehead atoms. The van der Waals surface area contributed by atoms with Gasteiger partial charge in [-0.25, -0.2) is 0 Å². The van der Waals surface area contributed by atoms with Crippen molar-refractivity contribution >= 4 is 5.91 Å². The molecule has 1 aliphatic heterocycles. The Labute approximate surface area is 85.0 Å². The van der Waals surface area contributed by atoms with Crippen LogP contribution in [0.4, 0.5) is 0 Å². The zero-order valence-corrected chi connectivity index (χ0v) is 8.78. The summed E-state index contributed by atoms with van der Waals surface area (Å²) in [4.78, 5) is 15.6. The predicted molar refractivity (Wildman–Crippen MR) is 54.8 cm³/mol. The summed E-state index contributed by atoms with van der Waals surface area (Å²) in [5.74, 6) is 0.224. The van der Waals surface area contributed by atoms with Crippen molar-refractivity contribution < 1.29 is 4.79 Å². The molecule has 1 amide bonds. The first-order valence-electron chi connectivity index (χ1n) is 5.40. The zero-order chi connectivity index (χ0) is 10.1. The number of carbonyl (C=O) groups excluding carboxylic acids is 1. The molecule has 1 heterocycles. The smallest absolute Gasteiger partial charge is 0.224 e. The van der Waals surface area contributed by atoms with Crippen LogP contribution >= 0.6 is 0 Å². The number of hydrogen-bond acceptors (Lipinski definition) is 3. The third-order valence-corrected chi connectivity index (χ3v) is 3.14. The molecule has 0 aromatic rings. The largest absolute Gasteiger partial charge is 0.340 e. The second-order valence-corrected chi connectivity index (χ2v) is 4.52. The Balaban J connectivity index is 1.71. The van der Waals surface area contributed by atoms with Crippen LogP contribution in [0.25, 0.3) is 0 Å². The molecular weight excluding hydrogens is 178 g/mol. The number of hydrogen-bond donors (Lipinski definition) is 1. The van der Waals surface area contributed by atoms with E-state index in [0.29, 0.717) is 6.42 Å². The third-order valence-electron chi connectivity index (χ3n) is 3.14. The Bertz CT molecular complexity index is 227. The standard InChI is InChI=1S/C10H19N3O/c1-12(9-2-3-9)4-5-13-7-8(11)6-10(13)14/h8-9H,2-7,11H2,1H3. The third kappa shape index (κ3) is 2.25. The number of nitrogens with zero attached hydrogens (tertiary/aromatic N) is 2. The number of rotatable bonds is 4. The molecule has 1 saturated heterocycles. The van der Waals surface area contributed by atoms with Gasteiger partial charge < -0.3 is 15.5 Å². The number of amides is 1. The van der Waals surface area contributed by atoms with Gasteiger partial charge >= 0.3 is 0 Å². The minimum absolute atomic E-state index is 0.0636. The summed E-state index contributed by atoms with van der Waals surface area (Å²) in [6, 6.07) is 0.843. The Kier molecular flexibility index (Phi) is 2.74. The van der Waals surface area contributed by atoms with Gasteiger partial charge in [-0.1, -0.05) is 0 Å². The molecular formula is C10H19N3O. The first-order chi connectivity index (χ1) is 6.66. The van der Waals surface area contributed by atoms with Crippen LogP contribution in [0.5, 0.6) is 0 Å². The Hall–Kier alpha value is -0.610. The van der Waals surface area contributed by atoms with E-state index in [1.807, 2.05) is 4.90 Å². The Morgan fingerprint density at radius 1 is 1.57 bits per heavy atom. The van der Waals surface area contributed by atoms with Crippen LogP contribution in [0.15, 0.2) is 0 Å². The molecule has 2 aliphatic rings. The van der Waals surface area contributed by atoms with Crippen molar-refractivity contribution in [2.75, 3.05) is 26.7 Å². The molecule has 1 aliphatic carbocycles. The molecule has 1 unspecified atom stereocenters. The van der Waals surface area contributed by atoms with Gasteiger partial charge in [-0.05, 0) is 19.9 Å². The van der Waals surface area contributed by atoms with Crippen LogP contribution in [0.3, 0.4) is 0 Å². The van der Waals surface area contributed by atoms with Gasteiger partial charge in [0, 0.05) is 38.1 Å². The van der Waals surface area contributed by atoms with Gasteiger partial charge in [0.1, 0.15) is 0 Å². The zero-order valence-electron chi connectivity index (χ0n) is 8.78. The van der Waals surface area contributed by atoms with Crippen LogP contribution in [-0.2, 0) is 4.79 Å². The summed E-state index contributed by atoms with van der Waals surface area (Å²) in [5, 5.41) is 0. The van der Waals surface area contributed by atoms with Gasteiger partial charge in [0.2, 0.25) is 5.91 Å². The van der Waals surface area contributed by atoms with Crippen LogP contribution < -0.4 is 5.73 Å². The summed E-state index contributed by atoms with van der Waals surface area (Å²) in [6.07, 6.45) is 3.18. The minimum Gasteiger partial charge on any atom is -0.340 e. The molecule has 0 spiro atoms. The van der Waals surface area contributed by atoms with Gasteiger partial charge in [-0.2, -0.15) is 0 Å². The van der Waals surface area contributed by atoms with Crippen molar-refractivity contribution in [1.29, 1.82) is 0 Å². The highest BCUT2D eigenvalue weighted by Crippen LogP contribution is 2.25. The maximum absolute atomic E-state index is 11.4. The number of nitrogens with two attached hydrogens (primary N) is 1. The number of carbonyl (C=O) groups is 1. The first-order valence-corrected chi connectivity index (χ1v) is 5.40. The molecule has 0 radical (unpaired) electrons. The van der Waals surface area contributed by atoms with E-state index in [2.05, 4.69) is 11.9 Å². The first kappa shape index (κ1) is 9.93.